The number of ether oxygens (including phenoxy) is 1. The molecule has 0 aliphatic carbocycles. The number of carbonyl (C=O) groups is 2. The van der Waals surface area contributed by atoms with Crippen molar-refractivity contribution in [2.75, 3.05) is 0 Å². The minimum atomic E-state index is -1.15. The Morgan fingerprint density at radius 2 is 2.22 bits per heavy atom. The van der Waals surface area contributed by atoms with E-state index in [-0.39, 0.29) is 18.0 Å². The van der Waals surface area contributed by atoms with Crippen LogP contribution in [0.2, 0.25) is 0 Å². The fraction of sp³-hybridized carbons (Fsp3) is 0.111. The average molecular weight is 315 g/mol. The number of esters is 1. The summed E-state index contributed by atoms with van der Waals surface area (Å²) in [5.41, 5.74) is 0.363. The van der Waals surface area contributed by atoms with Crippen molar-refractivity contribution in [2.45, 2.75) is 6.61 Å². The molecule has 0 unspecified atom stereocenters. The van der Waals surface area contributed by atoms with E-state index in [1.807, 2.05) is 0 Å². The van der Waals surface area contributed by atoms with Gasteiger partial charge in [-0.05, 0) is 22.0 Å². The lowest BCUT2D eigenvalue weighted by Gasteiger charge is -2.00. The second kappa shape index (κ2) is 5.00. The summed E-state index contributed by atoms with van der Waals surface area (Å²) in [7, 11) is 0. The number of carboxylic acid groups (broad SMARTS) is 1. The lowest BCUT2D eigenvalue weighted by molar-refractivity contribution is 0.0459. The molecule has 0 aromatic carbocycles. The fourth-order valence-corrected chi connectivity index (χ4v) is 1.53. The first-order chi connectivity index (χ1) is 8.58. The Bertz CT molecular complexity index is 591. The third-order valence-corrected chi connectivity index (χ3v) is 2.60. The Hall–Kier alpha value is -2.16. The predicted octanol–water partition coefficient (Wildman–Crippen LogP) is 0.950. The minimum absolute atomic E-state index is 0.113. The molecule has 0 amide bonds. The molecule has 2 heterocycles. The zero-order valence-corrected chi connectivity index (χ0v) is 10.4. The summed E-state index contributed by atoms with van der Waals surface area (Å²) < 4.78 is 5.42. The first-order valence-electron chi connectivity index (χ1n) is 4.72. The second-order valence-corrected chi connectivity index (χ2v) is 4.10. The molecule has 2 rings (SSSR count). The van der Waals surface area contributed by atoms with E-state index in [1.165, 1.54) is 12.3 Å². The highest BCUT2D eigenvalue weighted by atomic mass is 79.9. The molecule has 0 atom stereocenters. The summed E-state index contributed by atoms with van der Waals surface area (Å²) in [4.78, 5) is 22.1. The van der Waals surface area contributed by atoms with Crippen LogP contribution >= 0.6 is 15.9 Å². The van der Waals surface area contributed by atoms with Gasteiger partial charge in [-0.1, -0.05) is 0 Å². The summed E-state index contributed by atoms with van der Waals surface area (Å²) in [5.74, 6) is -1.78. The number of H-pyrrole nitrogens is 2. The Kier molecular flexibility index (Phi) is 3.42. The molecule has 0 spiro atoms. The number of aromatic nitrogens is 4. The van der Waals surface area contributed by atoms with Gasteiger partial charge in [0.2, 0.25) is 0 Å². The maximum Gasteiger partial charge on any atom is 0.360 e. The summed E-state index contributed by atoms with van der Waals surface area (Å²) in [6.07, 6.45) is 1.50. The van der Waals surface area contributed by atoms with Crippen LogP contribution in [-0.4, -0.2) is 37.4 Å². The van der Waals surface area contributed by atoms with Crippen LogP contribution in [0.25, 0.3) is 0 Å². The third kappa shape index (κ3) is 2.56. The van der Waals surface area contributed by atoms with E-state index in [4.69, 9.17) is 9.84 Å². The number of aromatic amines is 2. The van der Waals surface area contributed by atoms with Crippen molar-refractivity contribution in [3.8, 4) is 0 Å². The molecule has 2 aromatic heterocycles. The fourth-order valence-electron chi connectivity index (χ4n) is 1.18. The van der Waals surface area contributed by atoms with Crippen LogP contribution in [0.4, 0.5) is 0 Å². The van der Waals surface area contributed by atoms with Gasteiger partial charge >= 0.3 is 11.9 Å². The number of carbonyl (C=O) groups excluding carboxylic acids is 1. The van der Waals surface area contributed by atoms with Crippen LogP contribution in [0, 0.1) is 0 Å². The SMILES string of the molecule is O=C(O)c1cc(COC(=O)c2n[nH]cc2Br)[nH]n1. The largest absolute Gasteiger partial charge is 0.476 e. The van der Waals surface area contributed by atoms with Gasteiger partial charge in [-0.3, -0.25) is 10.2 Å². The Labute approximate surface area is 108 Å². The van der Waals surface area contributed by atoms with Crippen LogP contribution in [0.15, 0.2) is 16.7 Å². The van der Waals surface area contributed by atoms with Gasteiger partial charge in [-0.2, -0.15) is 10.2 Å². The number of halogens is 1. The number of nitrogens with one attached hydrogen (secondary N) is 2. The average Bonchev–Trinajstić information content (AvgIpc) is 2.94. The zero-order chi connectivity index (χ0) is 13.1. The number of carboxylic acids is 1. The van der Waals surface area contributed by atoms with Gasteiger partial charge in [-0.25, -0.2) is 9.59 Å². The van der Waals surface area contributed by atoms with Crippen LogP contribution in [0.5, 0.6) is 0 Å². The van der Waals surface area contributed by atoms with Gasteiger partial charge in [0.25, 0.3) is 0 Å². The summed E-state index contributed by atoms with van der Waals surface area (Å²) in [6.45, 7) is -0.113. The standard InChI is InChI=1S/C9H7BrN4O4/c10-5-2-11-14-7(5)9(17)18-3-4-1-6(8(15)16)13-12-4/h1-2H,3H2,(H,11,14)(H,12,13)(H,15,16). The Morgan fingerprint density at radius 3 is 2.78 bits per heavy atom. The van der Waals surface area contributed by atoms with Gasteiger partial charge in [0, 0.05) is 6.20 Å². The zero-order valence-electron chi connectivity index (χ0n) is 8.81. The van der Waals surface area contributed by atoms with Crippen LogP contribution in [0.1, 0.15) is 26.7 Å². The smallest absolute Gasteiger partial charge is 0.360 e. The number of nitrogens with zero attached hydrogens (tertiary/aromatic N) is 2. The van der Waals surface area contributed by atoms with Gasteiger partial charge in [0.1, 0.15) is 6.61 Å². The predicted molar refractivity (Wildman–Crippen MR) is 61.0 cm³/mol. The van der Waals surface area contributed by atoms with Crippen molar-refractivity contribution in [3.05, 3.63) is 33.8 Å². The molecule has 0 radical (unpaired) electrons. The molecule has 9 heteroatoms. The number of rotatable bonds is 4. The molecule has 3 N–H and O–H groups in total. The summed E-state index contributed by atoms with van der Waals surface area (Å²) in [6, 6.07) is 1.29. The molecule has 0 fully saturated rings. The summed E-state index contributed by atoms with van der Waals surface area (Å²) >= 11 is 3.12. The molecule has 2 aromatic rings. The van der Waals surface area contributed by atoms with E-state index < -0.39 is 11.9 Å². The van der Waals surface area contributed by atoms with Gasteiger partial charge in [0.15, 0.2) is 11.4 Å². The number of aromatic carboxylic acids is 1. The maximum absolute atomic E-state index is 11.6. The monoisotopic (exact) mass is 314 g/mol. The molecule has 0 bridgehead atoms. The molecule has 0 aliphatic rings. The van der Waals surface area contributed by atoms with E-state index in [1.54, 1.807) is 0 Å². The molecule has 8 nitrogen and oxygen atoms in total. The van der Waals surface area contributed by atoms with Gasteiger partial charge in [-0.15, -0.1) is 0 Å². The highest BCUT2D eigenvalue weighted by Crippen LogP contribution is 2.14. The molecule has 94 valence electrons. The van der Waals surface area contributed by atoms with Gasteiger partial charge < -0.3 is 9.84 Å². The Morgan fingerprint density at radius 1 is 1.44 bits per heavy atom. The quantitative estimate of drug-likeness (QED) is 0.722. The van der Waals surface area contributed by atoms with E-state index in [9.17, 15) is 9.59 Å². The van der Waals surface area contributed by atoms with Crippen molar-refractivity contribution in [1.29, 1.82) is 0 Å². The van der Waals surface area contributed by atoms with Crippen molar-refractivity contribution >= 4 is 27.9 Å². The van der Waals surface area contributed by atoms with E-state index in [0.29, 0.717) is 10.2 Å². The minimum Gasteiger partial charge on any atom is -0.476 e. The molecule has 0 saturated heterocycles. The van der Waals surface area contributed by atoms with Crippen molar-refractivity contribution in [2.24, 2.45) is 0 Å². The number of hydrogen-bond acceptors (Lipinski definition) is 5. The van der Waals surface area contributed by atoms with E-state index >= 15 is 0 Å². The van der Waals surface area contributed by atoms with Crippen LogP contribution in [0.3, 0.4) is 0 Å². The third-order valence-electron chi connectivity index (χ3n) is 2.00. The van der Waals surface area contributed by atoms with Crippen molar-refractivity contribution in [3.63, 3.8) is 0 Å². The maximum atomic E-state index is 11.6. The first kappa shape index (κ1) is 12.3. The molecule has 0 saturated carbocycles. The Balaban J connectivity index is 1.97. The van der Waals surface area contributed by atoms with Gasteiger partial charge in [0.05, 0.1) is 10.2 Å². The molecule has 0 aliphatic heterocycles. The van der Waals surface area contributed by atoms with E-state index in [2.05, 4.69) is 36.3 Å². The van der Waals surface area contributed by atoms with E-state index in [0.717, 1.165) is 0 Å². The summed E-state index contributed by atoms with van der Waals surface area (Å²) in [5, 5.41) is 20.8. The molecular formula is C9H7BrN4O4. The van der Waals surface area contributed by atoms with Crippen molar-refractivity contribution < 1.29 is 19.4 Å². The lowest BCUT2D eigenvalue weighted by Crippen LogP contribution is -2.06. The first-order valence-corrected chi connectivity index (χ1v) is 5.51. The van der Waals surface area contributed by atoms with Crippen LogP contribution < -0.4 is 0 Å². The van der Waals surface area contributed by atoms with Crippen LogP contribution in [-0.2, 0) is 11.3 Å². The normalized spacial score (nSPS) is 10.3. The second-order valence-electron chi connectivity index (χ2n) is 3.24. The molecular weight excluding hydrogens is 308 g/mol. The number of hydrogen-bond donors (Lipinski definition) is 3. The topological polar surface area (TPSA) is 121 Å². The molecule has 18 heavy (non-hydrogen) atoms. The van der Waals surface area contributed by atoms with Crippen molar-refractivity contribution in [1.82, 2.24) is 20.4 Å². The highest BCUT2D eigenvalue weighted by molar-refractivity contribution is 9.10. The lowest BCUT2D eigenvalue weighted by atomic mass is 10.3. The highest BCUT2D eigenvalue weighted by Gasteiger charge is 2.15.